The van der Waals surface area contributed by atoms with E-state index in [0.717, 1.165) is 29.2 Å². The Kier molecular flexibility index (Phi) is 3.93. The predicted octanol–water partition coefficient (Wildman–Crippen LogP) is 3.58. The third kappa shape index (κ3) is 2.99. The van der Waals surface area contributed by atoms with Crippen LogP contribution in [0.3, 0.4) is 0 Å². The molecule has 4 saturated carbocycles. The van der Waals surface area contributed by atoms with Gasteiger partial charge >= 0.3 is 0 Å². The van der Waals surface area contributed by atoms with Gasteiger partial charge in [-0.2, -0.15) is 0 Å². The van der Waals surface area contributed by atoms with E-state index in [-0.39, 0.29) is 17.5 Å². The van der Waals surface area contributed by atoms with Gasteiger partial charge in [0.1, 0.15) is 11.8 Å². The summed E-state index contributed by atoms with van der Waals surface area (Å²) in [5, 5.41) is 6.75. The first-order valence-corrected chi connectivity index (χ1v) is 9.28. The van der Waals surface area contributed by atoms with Crippen LogP contribution < -0.4 is 15.4 Å². The van der Waals surface area contributed by atoms with Gasteiger partial charge < -0.3 is 15.4 Å². The standard InChI is InChI=1S/C20H28N2O2/c1-13(21-17-3-5-18(24-2)6-4-17)19(23)22-20-10-14-7-15(11-20)9-16(8-14)12-20/h3-6,13-16,21H,7-12H2,1-2H3,(H,22,23)/t13-,14?,15?,16?,20?/m0/s1. The van der Waals surface area contributed by atoms with E-state index < -0.39 is 0 Å². The minimum Gasteiger partial charge on any atom is -0.497 e. The Morgan fingerprint density at radius 3 is 2.12 bits per heavy atom. The average molecular weight is 328 g/mol. The summed E-state index contributed by atoms with van der Waals surface area (Å²) in [5.41, 5.74) is 1.03. The fourth-order valence-corrected chi connectivity index (χ4v) is 5.64. The van der Waals surface area contributed by atoms with Gasteiger partial charge in [0.05, 0.1) is 7.11 Å². The second kappa shape index (κ2) is 5.98. The largest absolute Gasteiger partial charge is 0.497 e. The van der Waals surface area contributed by atoms with Crippen LogP contribution in [0.2, 0.25) is 0 Å². The Bertz CT molecular complexity index is 575. The van der Waals surface area contributed by atoms with Crippen molar-refractivity contribution in [3.05, 3.63) is 24.3 Å². The summed E-state index contributed by atoms with van der Waals surface area (Å²) in [5.74, 6) is 3.50. The molecule has 0 spiro atoms. The molecular formula is C20H28N2O2. The van der Waals surface area contributed by atoms with E-state index in [1.807, 2.05) is 31.2 Å². The molecule has 130 valence electrons. The molecule has 5 rings (SSSR count). The molecule has 0 radical (unpaired) electrons. The van der Waals surface area contributed by atoms with Crippen molar-refractivity contribution in [2.24, 2.45) is 17.8 Å². The van der Waals surface area contributed by atoms with Gasteiger partial charge in [-0.25, -0.2) is 0 Å². The number of carbonyl (C=O) groups is 1. The summed E-state index contributed by atoms with van der Waals surface area (Å²) in [6, 6.07) is 7.49. The molecule has 4 aliphatic rings. The molecule has 4 aliphatic carbocycles. The molecule has 4 nitrogen and oxygen atoms in total. The summed E-state index contributed by atoms with van der Waals surface area (Å²) in [4.78, 5) is 12.8. The van der Waals surface area contributed by atoms with Gasteiger partial charge in [-0.15, -0.1) is 0 Å². The zero-order valence-electron chi connectivity index (χ0n) is 14.7. The number of benzene rings is 1. The smallest absolute Gasteiger partial charge is 0.242 e. The van der Waals surface area contributed by atoms with Gasteiger partial charge in [0, 0.05) is 11.2 Å². The maximum absolute atomic E-state index is 12.8. The molecule has 2 N–H and O–H groups in total. The maximum Gasteiger partial charge on any atom is 0.242 e. The van der Waals surface area contributed by atoms with Crippen LogP contribution in [0.4, 0.5) is 5.69 Å². The van der Waals surface area contributed by atoms with Gasteiger partial charge in [-0.1, -0.05) is 0 Å². The second-order valence-electron chi connectivity index (χ2n) is 8.28. The molecule has 1 aromatic rings. The summed E-state index contributed by atoms with van der Waals surface area (Å²) in [6.45, 7) is 1.94. The van der Waals surface area contributed by atoms with Crippen LogP contribution in [-0.2, 0) is 4.79 Å². The quantitative estimate of drug-likeness (QED) is 0.868. The van der Waals surface area contributed by atoms with E-state index in [1.165, 1.54) is 38.5 Å². The number of carbonyl (C=O) groups excluding carboxylic acids is 1. The Hall–Kier alpha value is -1.71. The van der Waals surface area contributed by atoms with Gasteiger partial charge in [-0.05, 0) is 87.5 Å². The molecule has 0 saturated heterocycles. The molecule has 0 heterocycles. The number of amides is 1. The van der Waals surface area contributed by atoms with Gasteiger partial charge in [0.25, 0.3) is 0 Å². The normalized spacial score (nSPS) is 34.7. The monoisotopic (exact) mass is 328 g/mol. The van der Waals surface area contributed by atoms with Crippen molar-refractivity contribution in [2.75, 3.05) is 12.4 Å². The first kappa shape index (κ1) is 15.8. The van der Waals surface area contributed by atoms with Crippen LogP contribution in [-0.4, -0.2) is 24.6 Å². The lowest BCUT2D eigenvalue weighted by Crippen LogP contribution is -2.61. The molecule has 0 unspecified atom stereocenters. The zero-order chi connectivity index (χ0) is 16.7. The van der Waals surface area contributed by atoms with E-state index >= 15 is 0 Å². The number of methoxy groups -OCH3 is 1. The molecule has 0 aromatic heterocycles. The first-order valence-electron chi connectivity index (χ1n) is 9.28. The molecule has 0 aliphatic heterocycles. The molecular weight excluding hydrogens is 300 g/mol. The predicted molar refractivity (Wildman–Crippen MR) is 95.1 cm³/mol. The van der Waals surface area contributed by atoms with Crippen molar-refractivity contribution in [3.8, 4) is 5.75 Å². The average Bonchev–Trinajstić information content (AvgIpc) is 2.53. The molecule has 1 amide bonds. The zero-order valence-corrected chi connectivity index (χ0v) is 14.7. The Balaban J connectivity index is 1.38. The highest BCUT2D eigenvalue weighted by molar-refractivity contribution is 5.85. The number of anilines is 1. The summed E-state index contributed by atoms with van der Waals surface area (Å²) in [7, 11) is 1.66. The highest BCUT2D eigenvalue weighted by atomic mass is 16.5. The van der Waals surface area contributed by atoms with E-state index in [4.69, 9.17) is 4.74 Å². The molecule has 1 aromatic carbocycles. The number of ether oxygens (including phenoxy) is 1. The third-order valence-electron chi connectivity index (χ3n) is 6.29. The van der Waals surface area contributed by atoms with E-state index in [0.29, 0.717) is 0 Å². The topological polar surface area (TPSA) is 50.4 Å². The van der Waals surface area contributed by atoms with Gasteiger partial charge in [0.2, 0.25) is 5.91 Å². The number of rotatable bonds is 5. The number of nitrogens with one attached hydrogen (secondary N) is 2. The second-order valence-corrected chi connectivity index (χ2v) is 8.28. The summed E-state index contributed by atoms with van der Waals surface area (Å²) >= 11 is 0. The maximum atomic E-state index is 12.8. The first-order chi connectivity index (χ1) is 11.5. The fraction of sp³-hybridized carbons (Fsp3) is 0.650. The lowest BCUT2D eigenvalue weighted by Gasteiger charge is -2.57. The van der Waals surface area contributed by atoms with Crippen LogP contribution in [0.5, 0.6) is 5.75 Å². The molecule has 4 bridgehead atoms. The molecule has 1 atom stereocenters. The Morgan fingerprint density at radius 2 is 1.62 bits per heavy atom. The minimum atomic E-state index is -0.230. The van der Waals surface area contributed by atoms with Crippen molar-refractivity contribution in [1.82, 2.24) is 5.32 Å². The van der Waals surface area contributed by atoms with Crippen LogP contribution in [0.25, 0.3) is 0 Å². The highest BCUT2D eigenvalue weighted by Crippen LogP contribution is 2.55. The third-order valence-corrected chi connectivity index (χ3v) is 6.29. The Labute approximate surface area is 144 Å². The van der Waals surface area contributed by atoms with Crippen molar-refractivity contribution in [1.29, 1.82) is 0 Å². The van der Waals surface area contributed by atoms with E-state index in [2.05, 4.69) is 10.6 Å². The van der Waals surface area contributed by atoms with E-state index in [1.54, 1.807) is 7.11 Å². The lowest BCUT2D eigenvalue weighted by molar-refractivity contribution is -0.127. The summed E-state index contributed by atoms with van der Waals surface area (Å²) in [6.07, 6.45) is 7.78. The molecule has 24 heavy (non-hydrogen) atoms. The van der Waals surface area contributed by atoms with Crippen molar-refractivity contribution >= 4 is 11.6 Å². The van der Waals surface area contributed by atoms with Crippen LogP contribution in [0.1, 0.15) is 45.4 Å². The highest BCUT2D eigenvalue weighted by Gasteiger charge is 2.51. The van der Waals surface area contributed by atoms with E-state index in [9.17, 15) is 4.79 Å². The SMILES string of the molecule is COc1ccc(N[C@@H](C)C(=O)NC23CC4CC(CC(C4)C2)C3)cc1. The Morgan fingerprint density at radius 1 is 1.08 bits per heavy atom. The summed E-state index contributed by atoms with van der Waals surface area (Å²) < 4.78 is 5.17. The van der Waals surface area contributed by atoms with Gasteiger partial charge in [-0.3, -0.25) is 4.79 Å². The van der Waals surface area contributed by atoms with Crippen molar-refractivity contribution < 1.29 is 9.53 Å². The lowest BCUT2D eigenvalue weighted by atomic mass is 9.53. The number of hydrogen-bond acceptors (Lipinski definition) is 3. The van der Waals surface area contributed by atoms with Crippen LogP contribution in [0.15, 0.2) is 24.3 Å². The van der Waals surface area contributed by atoms with Crippen molar-refractivity contribution in [2.45, 2.75) is 57.0 Å². The van der Waals surface area contributed by atoms with Gasteiger partial charge in [0.15, 0.2) is 0 Å². The van der Waals surface area contributed by atoms with Crippen molar-refractivity contribution in [3.63, 3.8) is 0 Å². The minimum absolute atomic E-state index is 0.0850. The molecule has 4 fully saturated rings. The number of hydrogen-bond donors (Lipinski definition) is 2. The van der Waals surface area contributed by atoms with Crippen LogP contribution in [0, 0.1) is 17.8 Å². The molecule has 4 heteroatoms. The fourth-order valence-electron chi connectivity index (χ4n) is 5.64. The van der Waals surface area contributed by atoms with Crippen LogP contribution >= 0.6 is 0 Å².